The molecule has 2 heterocycles. The molecule has 0 radical (unpaired) electrons. The second-order valence-corrected chi connectivity index (χ2v) is 8.34. The Hall–Kier alpha value is -2.43. The summed E-state index contributed by atoms with van der Waals surface area (Å²) in [6.07, 6.45) is 0. The van der Waals surface area contributed by atoms with E-state index in [0.717, 1.165) is 37.1 Å². The van der Waals surface area contributed by atoms with Crippen molar-refractivity contribution in [2.24, 2.45) is 0 Å². The molecule has 1 aliphatic heterocycles. The smallest absolute Gasteiger partial charge is 0.336 e. The quantitative estimate of drug-likeness (QED) is 0.659. The van der Waals surface area contributed by atoms with Crippen molar-refractivity contribution < 1.29 is 14.2 Å². The summed E-state index contributed by atoms with van der Waals surface area (Å²) in [6.45, 7) is 11.0. The largest absolute Gasteiger partial charge is 0.423 e. The molecule has 0 amide bonds. The Morgan fingerprint density at radius 1 is 0.893 bits per heavy atom. The van der Waals surface area contributed by atoms with Crippen LogP contribution in [0.15, 0.2) is 63.8 Å². The lowest BCUT2D eigenvalue weighted by Crippen LogP contribution is -3.27. The number of benzene rings is 2. The number of nitrogens with one attached hydrogen (secondary N) is 2. The zero-order valence-electron chi connectivity index (χ0n) is 16.8. The summed E-state index contributed by atoms with van der Waals surface area (Å²) in [5.41, 5.74) is 4.28. The maximum atomic E-state index is 12.0. The van der Waals surface area contributed by atoms with Crippen LogP contribution >= 0.6 is 0 Å². The van der Waals surface area contributed by atoms with Crippen LogP contribution in [0.1, 0.15) is 36.5 Å². The van der Waals surface area contributed by atoms with Crippen molar-refractivity contribution >= 4 is 11.0 Å². The number of hydrogen-bond acceptors (Lipinski definition) is 2. The first kappa shape index (κ1) is 18.9. The summed E-state index contributed by atoms with van der Waals surface area (Å²) < 4.78 is 5.44. The minimum atomic E-state index is -0.243. The van der Waals surface area contributed by atoms with Crippen molar-refractivity contribution in [2.45, 2.75) is 32.9 Å². The number of hydrogen-bond donors (Lipinski definition) is 2. The SMILES string of the molecule is CC(C)c1ccc2oc(=O)cc(C[NH+]3CC[NH+](Cc4ccccc4)CC3)c2c1. The number of piperazine rings is 1. The molecule has 2 aromatic carbocycles. The topological polar surface area (TPSA) is 39.1 Å². The summed E-state index contributed by atoms with van der Waals surface area (Å²) in [4.78, 5) is 15.2. The Labute approximate surface area is 166 Å². The van der Waals surface area contributed by atoms with Crippen LogP contribution in [0.25, 0.3) is 11.0 Å². The van der Waals surface area contributed by atoms with Crippen molar-refractivity contribution in [1.82, 2.24) is 0 Å². The van der Waals surface area contributed by atoms with Crippen LogP contribution in [0.3, 0.4) is 0 Å². The van der Waals surface area contributed by atoms with E-state index in [4.69, 9.17) is 4.42 Å². The molecule has 4 rings (SSSR count). The predicted molar refractivity (Wildman–Crippen MR) is 112 cm³/mol. The van der Waals surface area contributed by atoms with E-state index >= 15 is 0 Å². The van der Waals surface area contributed by atoms with Crippen LogP contribution in [0, 0.1) is 0 Å². The van der Waals surface area contributed by atoms with Gasteiger partial charge in [0.05, 0.1) is 0 Å². The van der Waals surface area contributed by atoms with Gasteiger partial charge in [-0.3, -0.25) is 0 Å². The van der Waals surface area contributed by atoms with Crippen molar-refractivity contribution in [3.05, 3.63) is 81.7 Å². The highest BCUT2D eigenvalue weighted by Gasteiger charge is 2.24. The van der Waals surface area contributed by atoms with Crippen LogP contribution in [0.4, 0.5) is 0 Å². The van der Waals surface area contributed by atoms with Crippen LogP contribution in [0.2, 0.25) is 0 Å². The number of fused-ring (bicyclic) bond motifs is 1. The van der Waals surface area contributed by atoms with E-state index in [-0.39, 0.29) is 5.63 Å². The second-order valence-electron chi connectivity index (χ2n) is 8.34. The molecule has 0 saturated carbocycles. The van der Waals surface area contributed by atoms with Gasteiger partial charge < -0.3 is 14.2 Å². The summed E-state index contributed by atoms with van der Waals surface area (Å²) >= 11 is 0. The highest BCUT2D eigenvalue weighted by atomic mass is 16.4. The summed E-state index contributed by atoms with van der Waals surface area (Å²) in [6, 6.07) is 18.7. The highest BCUT2D eigenvalue weighted by molar-refractivity contribution is 5.80. The summed E-state index contributed by atoms with van der Waals surface area (Å²) in [5.74, 6) is 0.460. The molecule has 1 saturated heterocycles. The summed E-state index contributed by atoms with van der Waals surface area (Å²) in [5, 5.41) is 1.09. The molecule has 0 atom stereocenters. The van der Waals surface area contributed by atoms with Crippen LogP contribution in [-0.2, 0) is 13.1 Å². The lowest BCUT2D eigenvalue weighted by Gasteiger charge is -2.30. The molecule has 1 fully saturated rings. The number of quaternary nitrogens is 2. The Kier molecular flexibility index (Phi) is 5.60. The lowest BCUT2D eigenvalue weighted by atomic mass is 9.99. The minimum absolute atomic E-state index is 0.243. The molecule has 3 aromatic rings. The lowest BCUT2D eigenvalue weighted by molar-refractivity contribution is -1.02. The summed E-state index contributed by atoms with van der Waals surface area (Å²) in [7, 11) is 0. The van der Waals surface area contributed by atoms with Crippen molar-refractivity contribution in [3.8, 4) is 0 Å². The second kappa shape index (κ2) is 8.29. The molecule has 1 aliphatic rings. The molecule has 28 heavy (non-hydrogen) atoms. The maximum Gasteiger partial charge on any atom is 0.336 e. The van der Waals surface area contributed by atoms with E-state index < -0.39 is 0 Å². The fourth-order valence-electron chi connectivity index (χ4n) is 4.22. The van der Waals surface area contributed by atoms with Gasteiger partial charge in [0.15, 0.2) is 0 Å². The van der Waals surface area contributed by atoms with Crippen molar-refractivity contribution in [2.75, 3.05) is 26.2 Å². The fraction of sp³-hybridized carbons (Fsp3) is 0.375. The molecule has 0 aliphatic carbocycles. The fourth-order valence-corrected chi connectivity index (χ4v) is 4.22. The number of rotatable bonds is 5. The van der Waals surface area contributed by atoms with E-state index in [1.165, 1.54) is 24.2 Å². The van der Waals surface area contributed by atoms with Crippen molar-refractivity contribution in [3.63, 3.8) is 0 Å². The average molecular weight is 379 g/mol. The molecular formula is C24H30N2O2+2. The Morgan fingerprint density at radius 2 is 1.57 bits per heavy atom. The van der Waals surface area contributed by atoms with Gasteiger partial charge in [-0.25, -0.2) is 4.79 Å². The average Bonchev–Trinajstić information content (AvgIpc) is 2.70. The molecule has 0 unspecified atom stereocenters. The molecule has 146 valence electrons. The highest BCUT2D eigenvalue weighted by Crippen LogP contribution is 2.22. The predicted octanol–water partition coefficient (Wildman–Crippen LogP) is 1.40. The first-order chi connectivity index (χ1) is 13.6. The van der Waals surface area contributed by atoms with Gasteiger partial charge in [-0.2, -0.15) is 0 Å². The van der Waals surface area contributed by atoms with Crippen LogP contribution in [0.5, 0.6) is 0 Å². The molecule has 1 aromatic heterocycles. The van der Waals surface area contributed by atoms with E-state index in [2.05, 4.69) is 56.3 Å². The minimum Gasteiger partial charge on any atom is -0.423 e. The Balaban J connectivity index is 1.47. The van der Waals surface area contributed by atoms with E-state index in [9.17, 15) is 4.79 Å². The standard InChI is InChI=1S/C24H28N2O2/c1-18(2)20-8-9-23-22(14-20)21(15-24(27)28-23)17-26-12-10-25(11-13-26)16-19-6-4-3-5-7-19/h3-9,14-15,18H,10-13,16-17H2,1-2H3/p+2. The monoisotopic (exact) mass is 378 g/mol. The van der Waals surface area contributed by atoms with Gasteiger partial charge in [0.25, 0.3) is 0 Å². The molecule has 4 heteroatoms. The Morgan fingerprint density at radius 3 is 2.25 bits per heavy atom. The zero-order valence-corrected chi connectivity index (χ0v) is 16.8. The van der Waals surface area contributed by atoms with Crippen LogP contribution in [-0.4, -0.2) is 26.2 Å². The van der Waals surface area contributed by atoms with Crippen LogP contribution < -0.4 is 15.4 Å². The van der Waals surface area contributed by atoms with E-state index in [1.54, 1.807) is 15.9 Å². The van der Waals surface area contributed by atoms with Gasteiger partial charge in [-0.1, -0.05) is 50.2 Å². The molecule has 0 spiro atoms. The normalized spacial score (nSPS) is 20.0. The van der Waals surface area contributed by atoms with Crippen molar-refractivity contribution in [1.29, 1.82) is 0 Å². The van der Waals surface area contributed by atoms with Gasteiger partial charge in [-0.15, -0.1) is 0 Å². The Bertz CT molecular complexity index is 986. The third-order valence-electron chi connectivity index (χ3n) is 5.92. The molecule has 0 bridgehead atoms. The first-order valence-electron chi connectivity index (χ1n) is 10.4. The maximum absolute atomic E-state index is 12.0. The van der Waals surface area contributed by atoms with Gasteiger partial charge >= 0.3 is 5.63 Å². The van der Waals surface area contributed by atoms with E-state index in [0.29, 0.717) is 11.5 Å². The van der Waals surface area contributed by atoms with Gasteiger partial charge in [0.2, 0.25) is 0 Å². The molecular weight excluding hydrogens is 348 g/mol. The molecule has 4 nitrogen and oxygen atoms in total. The zero-order chi connectivity index (χ0) is 19.5. The third-order valence-corrected chi connectivity index (χ3v) is 5.92. The van der Waals surface area contributed by atoms with Gasteiger partial charge in [0.1, 0.15) is 44.9 Å². The van der Waals surface area contributed by atoms with Gasteiger partial charge in [-0.05, 0) is 23.6 Å². The van der Waals surface area contributed by atoms with Gasteiger partial charge in [0, 0.05) is 22.6 Å². The first-order valence-corrected chi connectivity index (χ1v) is 10.4. The third kappa shape index (κ3) is 4.34. The van der Waals surface area contributed by atoms with E-state index in [1.807, 2.05) is 6.07 Å². The molecule has 2 N–H and O–H groups in total.